The Labute approximate surface area is 192 Å². The average molecular weight is 450 g/mol. The number of amides is 1. The van der Waals surface area contributed by atoms with Gasteiger partial charge < -0.3 is 29.3 Å². The van der Waals surface area contributed by atoms with Gasteiger partial charge in [-0.05, 0) is 42.3 Å². The first-order chi connectivity index (χ1) is 16.0. The Bertz CT molecular complexity index is 1130. The molecule has 4 rings (SSSR count). The van der Waals surface area contributed by atoms with Crippen molar-refractivity contribution < 1.29 is 29.2 Å². The highest BCUT2D eigenvalue weighted by Crippen LogP contribution is 2.46. The summed E-state index contributed by atoms with van der Waals surface area (Å²) in [7, 11) is 2.93. The highest BCUT2D eigenvalue weighted by atomic mass is 16.5. The number of aromatic hydroxyl groups is 2. The molecule has 0 spiro atoms. The molecule has 1 aliphatic heterocycles. The van der Waals surface area contributed by atoms with Gasteiger partial charge in [0.25, 0.3) is 5.91 Å². The van der Waals surface area contributed by atoms with Crippen molar-refractivity contribution in [2.75, 3.05) is 20.8 Å². The lowest BCUT2D eigenvalue weighted by molar-refractivity contribution is -0.117. The van der Waals surface area contributed by atoms with Gasteiger partial charge in [0.15, 0.2) is 17.2 Å². The molecule has 1 atom stereocenters. The molecule has 0 bridgehead atoms. The summed E-state index contributed by atoms with van der Waals surface area (Å²) >= 11 is 0. The number of rotatable bonds is 8. The number of nitrogens with zero attached hydrogens (tertiary/aromatic N) is 1. The van der Waals surface area contributed by atoms with Crippen molar-refractivity contribution in [1.29, 1.82) is 0 Å². The van der Waals surface area contributed by atoms with E-state index in [1.165, 1.54) is 14.2 Å². The van der Waals surface area contributed by atoms with Crippen molar-refractivity contribution in [2.45, 2.75) is 25.7 Å². The Morgan fingerprint density at radius 1 is 0.939 bits per heavy atom. The minimum absolute atomic E-state index is 0.0917. The molecular weight excluding hydrogens is 422 g/mol. The maximum atomic E-state index is 13.4. The van der Waals surface area contributed by atoms with Crippen LogP contribution in [0.15, 0.2) is 60.7 Å². The van der Waals surface area contributed by atoms with E-state index in [0.29, 0.717) is 17.7 Å². The summed E-state index contributed by atoms with van der Waals surface area (Å²) in [4.78, 5) is 15.2. The van der Waals surface area contributed by atoms with Crippen LogP contribution in [0.25, 0.3) is 0 Å². The summed E-state index contributed by atoms with van der Waals surface area (Å²) in [6, 6.07) is 17.5. The molecule has 1 heterocycles. The molecule has 7 nitrogen and oxygen atoms in total. The number of benzene rings is 3. The smallest absolute Gasteiger partial charge is 0.257 e. The first kappa shape index (κ1) is 22.5. The number of carbonyl (C=O) groups excluding carboxylic acids is 1. The maximum absolute atomic E-state index is 13.4. The molecule has 1 amide bonds. The van der Waals surface area contributed by atoms with Gasteiger partial charge in [0.05, 0.1) is 20.8 Å². The molecule has 1 aliphatic rings. The zero-order chi connectivity index (χ0) is 23.6. The molecule has 172 valence electrons. The summed E-state index contributed by atoms with van der Waals surface area (Å²) in [5, 5.41) is 20.1. The molecule has 0 fully saturated rings. The topological polar surface area (TPSA) is 88.5 Å². The lowest BCUT2D eigenvalue weighted by Crippen LogP contribution is -2.47. The van der Waals surface area contributed by atoms with E-state index < -0.39 is 5.72 Å². The highest BCUT2D eigenvalue weighted by Gasteiger charge is 2.51. The van der Waals surface area contributed by atoms with E-state index in [0.717, 1.165) is 17.5 Å². The molecule has 1 unspecified atom stereocenters. The predicted octanol–water partition coefficient (Wildman–Crippen LogP) is 4.40. The van der Waals surface area contributed by atoms with Gasteiger partial charge in [-0.2, -0.15) is 0 Å². The van der Waals surface area contributed by atoms with Crippen molar-refractivity contribution in [3.05, 3.63) is 82.9 Å². The molecule has 3 aromatic carbocycles. The van der Waals surface area contributed by atoms with Crippen LogP contribution in [0.3, 0.4) is 0 Å². The van der Waals surface area contributed by atoms with Gasteiger partial charge >= 0.3 is 0 Å². The van der Waals surface area contributed by atoms with Gasteiger partial charge in [0.2, 0.25) is 5.75 Å². The third kappa shape index (κ3) is 3.74. The normalized spacial score (nSPS) is 17.2. The van der Waals surface area contributed by atoms with Gasteiger partial charge in [-0.1, -0.05) is 37.3 Å². The Hall–Kier alpha value is -3.71. The van der Waals surface area contributed by atoms with E-state index in [1.807, 2.05) is 25.1 Å². The van der Waals surface area contributed by atoms with Crippen LogP contribution in [-0.2, 0) is 17.1 Å². The largest absolute Gasteiger partial charge is 0.508 e. The minimum atomic E-state index is -1.18. The molecule has 3 aromatic rings. The van der Waals surface area contributed by atoms with Crippen molar-refractivity contribution in [3.63, 3.8) is 0 Å². The van der Waals surface area contributed by atoms with Crippen LogP contribution in [0.2, 0.25) is 0 Å². The van der Waals surface area contributed by atoms with E-state index in [4.69, 9.17) is 14.2 Å². The zero-order valence-corrected chi connectivity index (χ0v) is 18.9. The van der Waals surface area contributed by atoms with Crippen LogP contribution in [0.1, 0.15) is 40.4 Å². The monoisotopic (exact) mass is 449 g/mol. The molecular formula is C26H27NO6. The number of methoxy groups -OCH3 is 2. The minimum Gasteiger partial charge on any atom is -0.508 e. The highest BCUT2D eigenvalue weighted by molar-refractivity contribution is 6.00. The van der Waals surface area contributed by atoms with Gasteiger partial charge in [-0.3, -0.25) is 4.79 Å². The molecule has 0 aliphatic carbocycles. The maximum Gasteiger partial charge on any atom is 0.257 e. The Kier molecular flexibility index (Phi) is 6.16. The summed E-state index contributed by atoms with van der Waals surface area (Å²) in [6.07, 6.45) is 0.740. The number of phenols is 2. The first-order valence-corrected chi connectivity index (χ1v) is 10.7. The van der Waals surface area contributed by atoms with E-state index in [2.05, 4.69) is 0 Å². The third-order valence-electron chi connectivity index (χ3n) is 5.84. The van der Waals surface area contributed by atoms with Crippen LogP contribution in [0.4, 0.5) is 0 Å². The summed E-state index contributed by atoms with van der Waals surface area (Å²) < 4.78 is 17.2. The molecule has 0 radical (unpaired) electrons. The van der Waals surface area contributed by atoms with E-state index in [-0.39, 0.29) is 35.5 Å². The molecule has 0 aromatic heterocycles. The van der Waals surface area contributed by atoms with Crippen molar-refractivity contribution in [3.8, 4) is 23.0 Å². The first-order valence-electron chi connectivity index (χ1n) is 10.7. The molecule has 2 N–H and O–H groups in total. The van der Waals surface area contributed by atoms with E-state index in [9.17, 15) is 15.0 Å². The summed E-state index contributed by atoms with van der Waals surface area (Å²) in [5.74, 6) is 0.453. The predicted molar refractivity (Wildman–Crippen MR) is 123 cm³/mol. The molecule has 0 saturated heterocycles. The van der Waals surface area contributed by atoms with Crippen molar-refractivity contribution in [1.82, 2.24) is 4.90 Å². The zero-order valence-electron chi connectivity index (χ0n) is 18.9. The van der Waals surface area contributed by atoms with Gasteiger partial charge in [-0.15, -0.1) is 0 Å². The fourth-order valence-electron chi connectivity index (χ4n) is 4.34. The second kappa shape index (κ2) is 9.03. The Morgan fingerprint density at radius 3 is 2.18 bits per heavy atom. The summed E-state index contributed by atoms with van der Waals surface area (Å²) in [5.41, 5.74) is 1.57. The SMILES string of the molecule is CCCN1C(=O)c2ccccc2C1(OCc1cc(OC)c(O)c(OC)c1)c1ccc(O)cc1. The number of hydrogen-bond acceptors (Lipinski definition) is 6. The fraction of sp³-hybridized carbons (Fsp3) is 0.269. The lowest BCUT2D eigenvalue weighted by atomic mass is 9.93. The van der Waals surface area contributed by atoms with Crippen LogP contribution in [0.5, 0.6) is 23.0 Å². The van der Waals surface area contributed by atoms with E-state index in [1.54, 1.807) is 47.4 Å². The van der Waals surface area contributed by atoms with Crippen LogP contribution in [0, 0.1) is 0 Å². The van der Waals surface area contributed by atoms with Gasteiger partial charge in [0.1, 0.15) is 5.75 Å². The third-order valence-corrected chi connectivity index (χ3v) is 5.84. The number of fused-ring (bicyclic) bond motifs is 1. The van der Waals surface area contributed by atoms with Crippen LogP contribution in [-0.4, -0.2) is 41.8 Å². The number of phenolic OH excluding ortho intramolecular Hbond substituents is 2. The molecule has 7 heteroatoms. The lowest BCUT2D eigenvalue weighted by Gasteiger charge is -2.39. The van der Waals surface area contributed by atoms with Crippen LogP contribution >= 0.6 is 0 Å². The van der Waals surface area contributed by atoms with E-state index >= 15 is 0 Å². The number of carbonyl (C=O) groups is 1. The second-order valence-corrected chi connectivity index (χ2v) is 7.83. The second-order valence-electron chi connectivity index (χ2n) is 7.83. The Morgan fingerprint density at radius 2 is 1.58 bits per heavy atom. The van der Waals surface area contributed by atoms with Gasteiger partial charge in [-0.25, -0.2) is 0 Å². The van der Waals surface area contributed by atoms with Crippen LogP contribution < -0.4 is 9.47 Å². The standard InChI is InChI=1S/C26H27NO6/c1-4-13-27-25(30)20-7-5-6-8-21(20)26(27,18-9-11-19(28)12-10-18)33-16-17-14-22(31-2)24(29)23(15-17)32-3/h5-12,14-15,28-29H,4,13,16H2,1-3H3. The van der Waals surface area contributed by atoms with Crippen molar-refractivity contribution in [2.24, 2.45) is 0 Å². The Balaban J connectivity index is 1.85. The average Bonchev–Trinajstić information content (AvgIpc) is 3.08. The quantitative estimate of drug-likeness (QED) is 0.530. The fourth-order valence-corrected chi connectivity index (χ4v) is 4.34. The number of ether oxygens (including phenoxy) is 3. The number of hydrogen-bond donors (Lipinski definition) is 2. The van der Waals surface area contributed by atoms with Crippen molar-refractivity contribution >= 4 is 5.91 Å². The summed E-state index contributed by atoms with van der Waals surface area (Å²) in [6.45, 7) is 2.60. The van der Waals surface area contributed by atoms with Gasteiger partial charge in [0, 0.05) is 23.2 Å². The molecule has 33 heavy (non-hydrogen) atoms. The molecule has 0 saturated carbocycles.